The Hall–Kier alpha value is -0.380. The summed E-state index contributed by atoms with van der Waals surface area (Å²) in [6.45, 7) is 6.27. The van der Waals surface area contributed by atoms with Gasteiger partial charge in [-0.15, -0.1) is 0 Å². The second-order valence-electron chi connectivity index (χ2n) is 3.93. The third kappa shape index (κ3) is 4.33. The Morgan fingerprint density at radius 1 is 1.53 bits per heavy atom. The average Bonchev–Trinajstić information content (AvgIpc) is 2.77. The van der Waals surface area contributed by atoms with Gasteiger partial charge in [0.1, 0.15) is 0 Å². The average molecular weight is 227 g/mol. The second-order valence-corrected chi connectivity index (χ2v) is 4.71. The van der Waals surface area contributed by atoms with Crippen LogP contribution in [-0.2, 0) is 4.74 Å². The molecule has 0 bridgehead atoms. The number of hydrogen-bond acceptors (Lipinski definition) is 3. The molecule has 0 amide bonds. The van der Waals surface area contributed by atoms with Crippen LogP contribution < -0.4 is 5.32 Å². The molecule has 2 unspecified atom stereocenters. The summed E-state index contributed by atoms with van der Waals surface area (Å²) in [5.41, 5.74) is 1.43. The molecule has 86 valence electrons. The van der Waals surface area contributed by atoms with Gasteiger partial charge in [0.15, 0.2) is 0 Å². The third-order valence-electron chi connectivity index (χ3n) is 2.69. The predicted molar refractivity (Wildman–Crippen MR) is 66.7 cm³/mol. The van der Waals surface area contributed by atoms with Gasteiger partial charge in [0.25, 0.3) is 0 Å². The second kappa shape index (κ2) is 6.99. The summed E-state index contributed by atoms with van der Waals surface area (Å²) in [5.74, 6) is 0.585. The van der Waals surface area contributed by atoms with E-state index in [1.807, 2.05) is 0 Å². The first-order chi connectivity index (χ1) is 7.27. The molecular weight excluding hydrogens is 206 g/mol. The van der Waals surface area contributed by atoms with E-state index in [-0.39, 0.29) is 0 Å². The van der Waals surface area contributed by atoms with E-state index in [0.717, 1.165) is 19.6 Å². The highest BCUT2D eigenvalue weighted by atomic mass is 32.1. The van der Waals surface area contributed by atoms with E-state index >= 15 is 0 Å². The van der Waals surface area contributed by atoms with Gasteiger partial charge in [-0.05, 0) is 34.7 Å². The van der Waals surface area contributed by atoms with Crippen molar-refractivity contribution in [3.05, 3.63) is 22.4 Å². The van der Waals surface area contributed by atoms with Crippen LogP contribution in [0.3, 0.4) is 0 Å². The van der Waals surface area contributed by atoms with Crippen molar-refractivity contribution in [2.45, 2.75) is 32.2 Å². The van der Waals surface area contributed by atoms with Gasteiger partial charge in [-0.2, -0.15) is 11.3 Å². The minimum Gasteiger partial charge on any atom is -0.383 e. The normalized spacial score (nSPS) is 15.1. The smallest absolute Gasteiger partial charge is 0.0615 e. The SMILES string of the molecule is CCC(COC)NCC(C)c1ccsc1. The van der Waals surface area contributed by atoms with Gasteiger partial charge < -0.3 is 10.1 Å². The van der Waals surface area contributed by atoms with Crippen LogP contribution in [0.2, 0.25) is 0 Å². The van der Waals surface area contributed by atoms with Crippen molar-refractivity contribution < 1.29 is 4.74 Å². The van der Waals surface area contributed by atoms with Crippen LogP contribution in [0.1, 0.15) is 31.7 Å². The zero-order valence-corrected chi connectivity index (χ0v) is 10.6. The fraction of sp³-hybridized carbons (Fsp3) is 0.667. The minimum atomic E-state index is 0.482. The van der Waals surface area contributed by atoms with Crippen molar-refractivity contribution in [2.24, 2.45) is 0 Å². The molecule has 0 aliphatic carbocycles. The van der Waals surface area contributed by atoms with Crippen LogP contribution in [0.4, 0.5) is 0 Å². The fourth-order valence-electron chi connectivity index (χ4n) is 1.54. The van der Waals surface area contributed by atoms with Crippen molar-refractivity contribution in [1.82, 2.24) is 5.32 Å². The van der Waals surface area contributed by atoms with E-state index in [4.69, 9.17) is 4.74 Å². The van der Waals surface area contributed by atoms with Crippen LogP contribution in [0.5, 0.6) is 0 Å². The Morgan fingerprint density at radius 2 is 2.33 bits per heavy atom. The predicted octanol–water partition coefficient (Wildman–Crippen LogP) is 2.87. The lowest BCUT2D eigenvalue weighted by atomic mass is 10.0. The van der Waals surface area contributed by atoms with Crippen molar-refractivity contribution in [1.29, 1.82) is 0 Å². The van der Waals surface area contributed by atoms with Crippen LogP contribution in [0, 0.1) is 0 Å². The molecule has 0 radical (unpaired) electrons. The first-order valence-electron chi connectivity index (χ1n) is 5.52. The monoisotopic (exact) mass is 227 g/mol. The molecule has 2 atom stereocenters. The molecule has 1 heterocycles. The summed E-state index contributed by atoms with van der Waals surface area (Å²) >= 11 is 1.77. The molecule has 0 spiro atoms. The van der Waals surface area contributed by atoms with E-state index in [1.165, 1.54) is 5.56 Å². The van der Waals surface area contributed by atoms with Gasteiger partial charge in [0.2, 0.25) is 0 Å². The molecule has 0 saturated heterocycles. The highest BCUT2D eigenvalue weighted by molar-refractivity contribution is 7.07. The zero-order valence-electron chi connectivity index (χ0n) is 9.82. The number of thiophene rings is 1. The van der Waals surface area contributed by atoms with Crippen molar-refractivity contribution >= 4 is 11.3 Å². The van der Waals surface area contributed by atoms with Crippen LogP contribution in [0.25, 0.3) is 0 Å². The summed E-state index contributed by atoms with van der Waals surface area (Å²) < 4.78 is 5.16. The summed E-state index contributed by atoms with van der Waals surface area (Å²) in [7, 11) is 1.76. The number of ether oxygens (including phenoxy) is 1. The quantitative estimate of drug-likeness (QED) is 0.773. The maximum absolute atomic E-state index is 5.16. The Bertz CT molecular complexity index is 248. The molecule has 0 aliphatic rings. The fourth-order valence-corrected chi connectivity index (χ4v) is 2.32. The van der Waals surface area contributed by atoms with Crippen LogP contribution in [-0.4, -0.2) is 26.3 Å². The summed E-state index contributed by atoms with van der Waals surface area (Å²) in [5, 5.41) is 7.90. The lowest BCUT2D eigenvalue weighted by Crippen LogP contribution is -2.35. The van der Waals surface area contributed by atoms with E-state index in [9.17, 15) is 0 Å². The summed E-state index contributed by atoms with van der Waals surface area (Å²) in [4.78, 5) is 0. The number of methoxy groups -OCH3 is 1. The molecule has 0 fully saturated rings. The van der Waals surface area contributed by atoms with Crippen LogP contribution in [0.15, 0.2) is 16.8 Å². The topological polar surface area (TPSA) is 21.3 Å². The molecule has 1 aromatic rings. The molecular formula is C12H21NOS. The maximum atomic E-state index is 5.16. The Kier molecular flexibility index (Phi) is 5.91. The van der Waals surface area contributed by atoms with Gasteiger partial charge in [0, 0.05) is 19.7 Å². The highest BCUT2D eigenvalue weighted by Gasteiger charge is 2.09. The molecule has 15 heavy (non-hydrogen) atoms. The molecule has 0 aliphatic heterocycles. The lowest BCUT2D eigenvalue weighted by Gasteiger charge is -2.18. The summed E-state index contributed by atoms with van der Waals surface area (Å²) in [6, 6.07) is 2.69. The Labute approximate surface area is 96.7 Å². The molecule has 2 nitrogen and oxygen atoms in total. The van der Waals surface area contributed by atoms with Crippen molar-refractivity contribution in [2.75, 3.05) is 20.3 Å². The number of nitrogens with one attached hydrogen (secondary N) is 1. The Balaban J connectivity index is 2.29. The van der Waals surface area contributed by atoms with E-state index in [2.05, 4.69) is 36.0 Å². The molecule has 1 aromatic heterocycles. The van der Waals surface area contributed by atoms with Gasteiger partial charge in [-0.1, -0.05) is 13.8 Å². The minimum absolute atomic E-state index is 0.482. The van der Waals surface area contributed by atoms with E-state index < -0.39 is 0 Å². The third-order valence-corrected chi connectivity index (χ3v) is 3.39. The number of hydrogen-bond donors (Lipinski definition) is 1. The largest absolute Gasteiger partial charge is 0.383 e. The van der Waals surface area contributed by atoms with Gasteiger partial charge >= 0.3 is 0 Å². The van der Waals surface area contributed by atoms with Gasteiger partial charge in [0.05, 0.1) is 6.61 Å². The molecule has 1 N–H and O–H groups in total. The summed E-state index contributed by atoms with van der Waals surface area (Å²) in [6.07, 6.45) is 1.12. The van der Waals surface area contributed by atoms with Crippen molar-refractivity contribution in [3.63, 3.8) is 0 Å². The molecule has 0 aromatic carbocycles. The standard InChI is InChI=1S/C12H21NOS/c1-4-12(8-14-3)13-7-10(2)11-5-6-15-9-11/h5-6,9-10,12-13H,4,7-8H2,1-3H3. The maximum Gasteiger partial charge on any atom is 0.0615 e. The molecule has 1 rings (SSSR count). The van der Waals surface area contributed by atoms with E-state index in [0.29, 0.717) is 12.0 Å². The zero-order chi connectivity index (χ0) is 11.1. The molecule has 0 saturated carbocycles. The van der Waals surface area contributed by atoms with E-state index in [1.54, 1.807) is 18.4 Å². The van der Waals surface area contributed by atoms with Crippen LogP contribution >= 0.6 is 11.3 Å². The number of rotatable bonds is 7. The van der Waals surface area contributed by atoms with Gasteiger partial charge in [-0.25, -0.2) is 0 Å². The lowest BCUT2D eigenvalue weighted by molar-refractivity contribution is 0.164. The first-order valence-corrected chi connectivity index (χ1v) is 6.46. The Morgan fingerprint density at radius 3 is 2.87 bits per heavy atom. The first kappa shape index (κ1) is 12.7. The molecule has 3 heteroatoms. The van der Waals surface area contributed by atoms with Gasteiger partial charge in [-0.3, -0.25) is 0 Å². The highest BCUT2D eigenvalue weighted by Crippen LogP contribution is 2.17. The van der Waals surface area contributed by atoms with Crippen molar-refractivity contribution in [3.8, 4) is 0 Å².